The number of benzene rings is 3. The third-order valence-electron chi connectivity index (χ3n) is 7.22. The summed E-state index contributed by atoms with van der Waals surface area (Å²) in [6.45, 7) is 3.13. The van der Waals surface area contributed by atoms with Crippen molar-refractivity contribution >= 4 is 0 Å². The van der Waals surface area contributed by atoms with E-state index in [4.69, 9.17) is 19.3 Å². The van der Waals surface area contributed by atoms with Gasteiger partial charge in [0, 0.05) is 28.7 Å². The summed E-state index contributed by atoms with van der Waals surface area (Å²) in [6, 6.07) is 4.95. The van der Waals surface area contributed by atoms with Gasteiger partial charge in [-0.3, -0.25) is 0 Å². The van der Waals surface area contributed by atoms with Gasteiger partial charge in [-0.1, -0.05) is 38.3 Å². The van der Waals surface area contributed by atoms with E-state index in [9.17, 15) is 26.3 Å². The van der Waals surface area contributed by atoms with Crippen molar-refractivity contribution in [2.45, 2.75) is 44.7 Å². The number of ether oxygens (including phenoxy) is 4. The third kappa shape index (κ3) is 5.47. The van der Waals surface area contributed by atoms with Gasteiger partial charge < -0.3 is 24.1 Å². The SMILES string of the molecule is CCCCCC12COC(c3ccc(-c4cc(F)c(C(F)(F)Oc5cc(F)c(O)c(F)c5)c(F)c4)c(F)c3)(OC1)OC2. The van der Waals surface area contributed by atoms with Crippen LogP contribution >= 0.6 is 0 Å². The summed E-state index contributed by atoms with van der Waals surface area (Å²) >= 11 is 0. The van der Waals surface area contributed by atoms with Crippen LogP contribution in [0.4, 0.5) is 30.7 Å². The lowest BCUT2D eigenvalue weighted by Crippen LogP contribution is -2.58. The van der Waals surface area contributed by atoms with Crippen molar-refractivity contribution < 1.29 is 54.8 Å². The second-order valence-electron chi connectivity index (χ2n) is 10.2. The molecule has 0 atom stereocenters. The molecule has 3 aromatic rings. The number of aromatic hydroxyl groups is 1. The van der Waals surface area contributed by atoms with E-state index in [-0.39, 0.29) is 28.7 Å². The summed E-state index contributed by atoms with van der Waals surface area (Å²) in [4.78, 5) is 0. The van der Waals surface area contributed by atoms with Gasteiger partial charge >= 0.3 is 12.1 Å². The van der Waals surface area contributed by atoms with E-state index in [2.05, 4.69) is 11.7 Å². The molecule has 0 radical (unpaired) electrons. The van der Waals surface area contributed by atoms with Crippen molar-refractivity contribution in [3.05, 3.63) is 82.7 Å². The van der Waals surface area contributed by atoms with Crippen LogP contribution in [0.25, 0.3) is 11.1 Å². The molecule has 5 nitrogen and oxygen atoms in total. The van der Waals surface area contributed by atoms with Crippen molar-refractivity contribution in [2.24, 2.45) is 5.41 Å². The van der Waals surface area contributed by atoms with E-state index in [0.29, 0.717) is 32.0 Å². The smallest absolute Gasteiger partial charge is 0.432 e. The maximum absolute atomic E-state index is 15.2. The summed E-state index contributed by atoms with van der Waals surface area (Å²) in [6.07, 6.45) is -0.775. The fraction of sp³-hybridized carbons (Fsp3) is 0.379. The number of phenolic OH excluding ortho intramolecular Hbond substituents is 1. The maximum atomic E-state index is 15.2. The topological polar surface area (TPSA) is 57.2 Å². The number of phenols is 1. The van der Waals surface area contributed by atoms with Crippen LogP contribution in [-0.2, 0) is 26.3 Å². The highest BCUT2D eigenvalue weighted by molar-refractivity contribution is 5.65. The molecule has 41 heavy (non-hydrogen) atoms. The van der Waals surface area contributed by atoms with E-state index in [0.717, 1.165) is 31.7 Å². The number of fused-ring (bicyclic) bond motifs is 3. The molecule has 3 aliphatic rings. The summed E-state index contributed by atoms with van der Waals surface area (Å²) in [7, 11) is 0. The monoisotopic (exact) mass is 586 g/mol. The maximum Gasteiger partial charge on any atom is 0.432 e. The molecule has 220 valence electrons. The first kappa shape index (κ1) is 29.2. The Morgan fingerprint density at radius 2 is 1.39 bits per heavy atom. The Morgan fingerprint density at radius 3 is 1.93 bits per heavy atom. The van der Waals surface area contributed by atoms with Crippen LogP contribution in [0, 0.1) is 34.5 Å². The fourth-order valence-corrected chi connectivity index (χ4v) is 4.96. The zero-order chi connectivity index (χ0) is 29.6. The van der Waals surface area contributed by atoms with Gasteiger partial charge in [0.15, 0.2) is 17.4 Å². The molecule has 3 saturated heterocycles. The second kappa shape index (κ2) is 10.8. The Morgan fingerprint density at radius 1 is 0.805 bits per heavy atom. The van der Waals surface area contributed by atoms with Crippen molar-refractivity contribution in [2.75, 3.05) is 19.8 Å². The largest absolute Gasteiger partial charge is 0.503 e. The average Bonchev–Trinajstić information content (AvgIpc) is 2.92. The van der Waals surface area contributed by atoms with Gasteiger partial charge in [0.1, 0.15) is 28.8 Å². The molecule has 2 bridgehead atoms. The zero-order valence-electron chi connectivity index (χ0n) is 21.7. The van der Waals surface area contributed by atoms with Gasteiger partial charge in [-0.15, -0.1) is 0 Å². The van der Waals surface area contributed by atoms with E-state index in [1.54, 1.807) is 0 Å². The molecule has 0 spiro atoms. The lowest BCUT2D eigenvalue weighted by Gasteiger charge is -2.52. The van der Waals surface area contributed by atoms with Crippen molar-refractivity contribution in [3.8, 4) is 22.6 Å². The standard InChI is InChI=1S/C29H25F7O5/c1-2-3-4-7-27-13-38-29(39-14-27,40-15-27)17-5-6-19(20(30)10-17)16-8-21(31)25(22(32)9-16)28(35,36)41-18-11-23(33)26(37)24(34)12-18/h5-6,8-12,37H,2-4,7,13-15H2,1H3. The molecule has 3 heterocycles. The first-order chi connectivity index (χ1) is 19.4. The molecule has 1 N–H and O–H groups in total. The molecule has 3 aliphatic heterocycles. The minimum Gasteiger partial charge on any atom is -0.503 e. The predicted molar refractivity (Wildman–Crippen MR) is 130 cm³/mol. The van der Waals surface area contributed by atoms with Crippen LogP contribution < -0.4 is 4.74 Å². The summed E-state index contributed by atoms with van der Waals surface area (Å²) in [5.74, 6) is -12.0. The lowest BCUT2D eigenvalue weighted by molar-refractivity contribution is -0.480. The van der Waals surface area contributed by atoms with Crippen molar-refractivity contribution in [1.29, 1.82) is 0 Å². The molecule has 12 heteroatoms. The number of alkyl halides is 2. The molecule has 6 rings (SSSR count). The van der Waals surface area contributed by atoms with Crippen LogP contribution in [0.5, 0.6) is 11.5 Å². The quantitative estimate of drug-likeness (QED) is 0.206. The number of hydrogen-bond acceptors (Lipinski definition) is 5. The zero-order valence-corrected chi connectivity index (χ0v) is 21.7. The van der Waals surface area contributed by atoms with Gasteiger partial charge in [-0.25, -0.2) is 22.0 Å². The number of unbranched alkanes of at least 4 members (excludes halogenated alkanes) is 2. The highest BCUT2D eigenvalue weighted by atomic mass is 19.3. The molecule has 3 aromatic carbocycles. The molecular formula is C29H25F7O5. The average molecular weight is 587 g/mol. The number of hydrogen-bond donors (Lipinski definition) is 1. The molecular weight excluding hydrogens is 561 g/mol. The minimum absolute atomic E-state index is 0.173. The highest BCUT2D eigenvalue weighted by Crippen LogP contribution is 2.47. The number of halogens is 7. The van der Waals surface area contributed by atoms with Crippen LogP contribution in [0.2, 0.25) is 0 Å². The van der Waals surface area contributed by atoms with Gasteiger partial charge in [0.2, 0.25) is 0 Å². The third-order valence-corrected chi connectivity index (χ3v) is 7.22. The van der Waals surface area contributed by atoms with Gasteiger partial charge in [0.25, 0.3) is 0 Å². The molecule has 3 fully saturated rings. The van der Waals surface area contributed by atoms with E-state index in [1.807, 2.05) is 0 Å². The summed E-state index contributed by atoms with van der Waals surface area (Å²) < 4.78 is 123. The van der Waals surface area contributed by atoms with Crippen molar-refractivity contribution in [3.63, 3.8) is 0 Å². The molecule has 0 unspecified atom stereocenters. The van der Waals surface area contributed by atoms with Gasteiger partial charge in [-0.2, -0.15) is 8.78 Å². The van der Waals surface area contributed by atoms with Crippen LogP contribution in [0.1, 0.15) is 43.7 Å². The Kier molecular flexibility index (Phi) is 7.68. The lowest BCUT2D eigenvalue weighted by atomic mass is 9.82. The van der Waals surface area contributed by atoms with Crippen molar-refractivity contribution in [1.82, 2.24) is 0 Å². The highest BCUT2D eigenvalue weighted by Gasteiger charge is 2.53. The van der Waals surface area contributed by atoms with Crippen LogP contribution in [-0.4, -0.2) is 24.9 Å². The van der Waals surface area contributed by atoms with E-state index >= 15 is 4.39 Å². The molecule has 0 aromatic heterocycles. The minimum atomic E-state index is -4.73. The molecule has 0 aliphatic carbocycles. The first-order valence-electron chi connectivity index (χ1n) is 12.9. The normalized spacial score (nSPS) is 22.2. The Hall–Kier alpha value is -3.35. The Bertz CT molecular complexity index is 1390. The van der Waals surface area contributed by atoms with Gasteiger partial charge in [-0.05, 0) is 30.2 Å². The molecule has 0 amide bonds. The summed E-state index contributed by atoms with van der Waals surface area (Å²) in [5.41, 5.74) is -2.71. The first-order valence-corrected chi connectivity index (χ1v) is 12.9. The van der Waals surface area contributed by atoms with Gasteiger partial charge in [0.05, 0.1) is 19.8 Å². The molecule has 0 saturated carbocycles. The van der Waals surface area contributed by atoms with E-state index in [1.165, 1.54) is 12.1 Å². The van der Waals surface area contributed by atoms with Crippen LogP contribution in [0.3, 0.4) is 0 Å². The Balaban J connectivity index is 1.37. The predicted octanol–water partition coefficient (Wildman–Crippen LogP) is 7.64. The Labute approximate surface area is 230 Å². The number of rotatable bonds is 9. The van der Waals surface area contributed by atoms with E-state index < -0.39 is 63.8 Å². The van der Waals surface area contributed by atoms with Crippen LogP contribution in [0.15, 0.2) is 42.5 Å². The second-order valence-corrected chi connectivity index (χ2v) is 10.2. The summed E-state index contributed by atoms with van der Waals surface area (Å²) in [5, 5.41) is 9.10. The fourth-order valence-electron chi connectivity index (χ4n) is 4.96.